The molecule has 0 atom stereocenters. The molecule has 0 N–H and O–H groups in total. The van der Waals surface area contributed by atoms with Crippen LogP contribution in [0.2, 0.25) is 0 Å². The van der Waals surface area contributed by atoms with Gasteiger partial charge in [0, 0.05) is 5.56 Å². The summed E-state index contributed by atoms with van der Waals surface area (Å²) >= 11 is 0. The Morgan fingerprint density at radius 1 is 1.23 bits per heavy atom. The van der Waals surface area contributed by atoms with Crippen molar-refractivity contribution in [1.29, 1.82) is 0 Å². The average molecular weight is 363 g/mol. The van der Waals surface area contributed by atoms with Crippen LogP contribution in [-0.4, -0.2) is 27.3 Å². The molecule has 0 bridgehead atoms. The zero-order valence-electron chi connectivity index (χ0n) is 14.2. The fourth-order valence-electron chi connectivity index (χ4n) is 2.77. The van der Waals surface area contributed by atoms with E-state index >= 15 is 0 Å². The van der Waals surface area contributed by atoms with Crippen LogP contribution in [0, 0.1) is 6.92 Å². The fourth-order valence-corrected chi connectivity index (χ4v) is 2.77. The Balaban J connectivity index is 2.24. The second-order valence-electron chi connectivity index (χ2n) is 5.67. The SMILES string of the molecule is CCOC(=O)Cn1nc(C)c2c(C(F)(F)F)cc(-c3ccccc3)nc21. The highest BCUT2D eigenvalue weighted by Gasteiger charge is 2.35. The van der Waals surface area contributed by atoms with E-state index in [9.17, 15) is 18.0 Å². The first-order chi connectivity index (χ1) is 12.3. The molecule has 0 aliphatic heterocycles. The largest absolute Gasteiger partial charge is 0.465 e. The van der Waals surface area contributed by atoms with Gasteiger partial charge in [0.2, 0.25) is 0 Å². The monoisotopic (exact) mass is 363 g/mol. The Morgan fingerprint density at radius 3 is 2.54 bits per heavy atom. The Labute approximate surface area is 147 Å². The van der Waals surface area contributed by atoms with Crippen molar-refractivity contribution in [1.82, 2.24) is 14.8 Å². The number of benzene rings is 1. The van der Waals surface area contributed by atoms with E-state index in [1.807, 2.05) is 0 Å². The molecule has 0 spiro atoms. The molecule has 3 rings (SSSR count). The van der Waals surface area contributed by atoms with Gasteiger partial charge in [-0.05, 0) is 19.9 Å². The van der Waals surface area contributed by atoms with Crippen molar-refractivity contribution in [2.24, 2.45) is 0 Å². The maximum Gasteiger partial charge on any atom is 0.417 e. The predicted molar refractivity (Wildman–Crippen MR) is 89.3 cm³/mol. The first-order valence-corrected chi connectivity index (χ1v) is 7.97. The summed E-state index contributed by atoms with van der Waals surface area (Å²) in [7, 11) is 0. The average Bonchev–Trinajstić information content (AvgIpc) is 2.90. The second kappa shape index (κ2) is 6.78. The van der Waals surface area contributed by atoms with Crippen LogP contribution in [0.15, 0.2) is 36.4 Å². The van der Waals surface area contributed by atoms with Gasteiger partial charge in [0.15, 0.2) is 5.65 Å². The zero-order valence-corrected chi connectivity index (χ0v) is 14.2. The first-order valence-electron chi connectivity index (χ1n) is 7.97. The van der Waals surface area contributed by atoms with Crippen molar-refractivity contribution < 1.29 is 22.7 Å². The van der Waals surface area contributed by atoms with E-state index in [0.717, 1.165) is 10.7 Å². The molecule has 0 saturated heterocycles. The maximum absolute atomic E-state index is 13.6. The Morgan fingerprint density at radius 2 is 1.92 bits per heavy atom. The molecule has 0 fully saturated rings. The van der Waals surface area contributed by atoms with Gasteiger partial charge in [-0.25, -0.2) is 9.67 Å². The number of esters is 1. The number of halogens is 3. The number of ether oxygens (including phenoxy) is 1. The molecule has 0 amide bonds. The zero-order chi connectivity index (χ0) is 18.9. The first kappa shape index (κ1) is 17.9. The molecule has 8 heteroatoms. The number of hydrogen-bond acceptors (Lipinski definition) is 4. The maximum atomic E-state index is 13.6. The van der Waals surface area contributed by atoms with Crippen molar-refractivity contribution in [3.63, 3.8) is 0 Å². The minimum atomic E-state index is -4.58. The quantitative estimate of drug-likeness (QED) is 0.658. The summed E-state index contributed by atoms with van der Waals surface area (Å²) in [6.07, 6.45) is -4.58. The minimum Gasteiger partial charge on any atom is -0.465 e. The van der Waals surface area contributed by atoms with Gasteiger partial charge >= 0.3 is 12.1 Å². The van der Waals surface area contributed by atoms with Crippen LogP contribution in [0.5, 0.6) is 0 Å². The third-order valence-corrected chi connectivity index (χ3v) is 3.84. The number of aromatic nitrogens is 3. The third kappa shape index (κ3) is 3.40. The number of pyridine rings is 1. The van der Waals surface area contributed by atoms with Crippen LogP contribution in [0.3, 0.4) is 0 Å². The lowest BCUT2D eigenvalue weighted by molar-refractivity contribution is -0.144. The van der Waals surface area contributed by atoms with E-state index in [4.69, 9.17) is 4.74 Å². The van der Waals surface area contributed by atoms with Gasteiger partial charge in [-0.2, -0.15) is 18.3 Å². The van der Waals surface area contributed by atoms with Gasteiger partial charge in [-0.3, -0.25) is 4.79 Å². The van der Waals surface area contributed by atoms with Gasteiger partial charge < -0.3 is 4.74 Å². The van der Waals surface area contributed by atoms with E-state index in [1.165, 1.54) is 6.92 Å². The number of aryl methyl sites for hydroxylation is 1. The van der Waals surface area contributed by atoms with Gasteiger partial charge in [0.05, 0.1) is 28.9 Å². The summed E-state index contributed by atoms with van der Waals surface area (Å²) in [5.41, 5.74) is 0.0406. The Kier molecular flexibility index (Phi) is 4.67. The lowest BCUT2D eigenvalue weighted by Crippen LogP contribution is -2.15. The van der Waals surface area contributed by atoms with E-state index in [1.54, 1.807) is 37.3 Å². The molecule has 0 radical (unpaired) electrons. The highest BCUT2D eigenvalue weighted by molar-refractivity contribution is 5.86. The molecule has 3 aromatic rings. The van der Waals surface area contributed by atoms with Crippen LogP contribution in [0.1, 0.15) is 18.2 Å². The van der Waals surface area contributed by atoms with Crippen molar-refractivity contribution in [3.8, 4) is 11.3 Å². The van der Waals surface area contributed by atoms with E-state index in [0.29, 0.717) is 5.56 Å². The van der Waals surface area contributed by atoms with Crippen LogP contribution >= 0.6 is 0 Å². The van der Waals surface area contributed by atoms with Crippen molar-refractivity contribution >= 4 is 17.0 Å². The summed E-state index contributed by atoms with van der Waals surface area (Å²) in [4.78, 5) is 16.1. The predicted octanol–water partition coefficient (Wildman–Crippen LogP) is 3.99. The van der Waals surface area contributed by atoms with Gasteiger partial charge in [0.25, 0.3) is 0 Å². The van der Waals surface area contributed by atoms with Crippen LogP contribution in [-0.2, 0) is 22.3 Å². The number of carbonyl (C=O) groups excluding carboxylic acids is 1. The number of fused-ring (bicyclic) bond motifs is 1. The minimum absolute atomic E-state index is 0.00392. The standard InChI is InChI=1S/C18H16F3N3O2/c1-3-26-15(25)10-24-17-16(11(2)23-24)13(18(19,20)21)9-14(22-17)12-7-5-4-6-8-12/h4-9H,3,10H2,1-2H3. The van der Waals surface area contributed by atoms with Gasteiger partial charge in [0.1, 0.15) is 6.54 Å². The Bertz CT molecular complexity index is 950. The van der Waals surface area contributed by atoms with Crippen LogP contribution < -0.4 is 0 Å². The smallest absolute Gasteiger partial charge is 0.417 e. The summed E-state index contributed by atoms with van der Waals surface area (Å²) < 4.78 is 46.9. The molecule has 0 aliphatic carbocycles. The number of hydrogen-bond donors (Lipinski definition) is 0. The Hall–Kier alpha value is -2.90. The van der Waals surface area contributed by atoms with Crippen molar-refractivity contribution in [2.45, 2.75) is 26.6 Å². The molecule has 0 saturated carbocycles. The summed E-state index contributed by atoms with van der Waals surface area (Å²) in [5, 5.41) is 3.96. The van der Waals surface area contributed by atoms with E-state index < -0.39 is 17.7 Å². The van der Waals surface area contributed by atoms with Gasteiger partial charge in [-0.1, -0.05) is 30.3 Å². The molecule has 2 heterocycles. The van der Waals surface area contributed by atoms with E-state index in [-0.39, 0.29) is 35.6 Å². The van der Waals surface area contributed by atoms with E-state index in [2.05, 4.69) is 10.1 Å². The lowest BCUT2D eigenvalue weighted by Gasteiger charge is -2.11. The topological polar surface area (TPSA) is 57.0 Å². The van der Waals surface area contributed by atoms with Crippen molar-refractivity contribution in [2.75, 3.05) is 6.61 Å². The molecule has 26 heavy (non-hydrogen) atoms. The van der Waals surface area contributed by atoms with Crippen LogP contribution in [0.4, 0.5) is 13.2 Å². The van der Waals surface area contributed by atoms with Crippen molar-refractivity contribution in [3.05, 3.63) is 47.7 Å². The molecular formula is C18H16F3N3O2. The molecule has 0 unspecified atom stereocenters. The van der Waals surface area contributed by atoms with Crippen LogP contribution in [0.25, 0.3) is 22.3 Å². The third-order valence-electron chi connectivity index (χ3n) is 3.84. The number of nitrogens with zero attached hydrogens (tertiary/aromatic N) is 3. The molecular weight excluding hydrogens is 347 g/mol. The molecule has 136 valence electrons. The van der Waals surface area contributed by atoms with Gasteiger partial charge in [-0.15, -0.1) is 0 Å². The highest BCUT2D eigenvalue weighted by atomic mass is 19.4. The number of rotatable bonds is 4. The number of carbonyl (C=O) groups is 1. The molecule has 5 nitrogen and oxygen atoms in total. The molecule has 1 aromatic carbocycles. The second-order valence-corrected chi connectivity index (χ2v) is 5.67. The molecule has 0 aliphatic rings. The lowest BCUT2D eigenvalue weighted by atomic mass is 10.1. The summed E-state index contributed by atoms with van der Waals surface area (Å²) in [5.74, 6) is -0.586. The molecule has 2 aromatic heterocycles. The number of alkyl halides is 3. The summed E-state index contributed by atoms with van der Waals surface area (Å²) in [6, 6.07) is 9.56. The highest BCUT2D eigenvalue weighted by Crippen LogP contribution is 2.38. The normalized spacial score (nSPS) is 11.7. The fraction of sp³-hybridized carbons (Fsp3) is 0.278. The summed E-state index contributed by atoms with van der Waals surface area (Å²) in [6.45, 7) is 2.98.